The Morgan fingerprint density at radius 1 is 0.909 bits per heavy atom. The molecule has 0 aromatic rings. The van der Waals surface area contributed by atoms with E-state index < -0.39 is 12.8 Å². The van der Waals surface area contributed by atoms with E-state index in [-0.39, 0.29) is 0 Å². The average molecular weight is 298 g/mol. The van der Waals surface area contributed by atoms with Crippen LogP contribution in [0.25, 0.3) is 0 Å². The van der Waals surface area contributed by atoms with Gasteiger partial charge in [0, 0.05) is 0 Å². The van der Waals surface area contributed by atoms with Gasteiger partial charge in [-0.2, -0.15) is 0 Å². The Morgan fingerprint density at radius 2 is 1.18 bits per heavy atom. The van der Waals surface area contributed by atoms with Gasteiger partial charge in [-0.15, -0.1) is 0 Å². The van der Waals surface area contributed by atoms with Gasteiger partial charge in [-0.3, -0.25) is 0 Å². The van der Waals surface area contributed by atoms with Crippen molar-refractivity contribution >= 4 is 19.2 Å². The van der Waals surface area contributed by atoms with E-state index in [1.165, 1.54) is 14.2 Å². The molecule has 0 nitrogen and oxygen atoms in total. The van der Waals surface area contributed by atoms with Crippen molar-refractivity contribution in [2.75, 3.05) is 0 Å². The summed E-state index contributed by atoms with van der Waals surface area (Å²) in [5.41, 5.74) is 0. The zero-order chi connectivity index (χ0) is 8.74. The molecule has 0 saturated carbocycles. The van der Waals surface area contributed by atoms with Gasteiger partial charge in [0.25, 0.3) is 0 Å². The summed E-state index contributed by atoms with van der Waals surface area (Å²) < 4.78 is 3.62. The number of rotatable bonds is 6. The predicted molar refractivity (Wildman–Crippen MR) is 59.0 cm³/mol. The summed E-state index contributed by atoms with van der Waals surface area (Å²) >= 11 is 1.02. The first-order chi connectivity index (χ1) is 5.18. The zero-order valence-electron chi connectivity index (χ0n) is 6.85. The van der Waals surface area contributed by atoms with Gasteiger partial charge in [-0.25, -0.2) is 0 Å². The molecule has 0 rings (SSSR count). The van der Waals surface area contributed by atoms with Crippen molar-refractivity contribution in [1.29, 1.82) is 0 Å². The Kier molecular flexibility index (Phi) is 6.59. The maximum absolute atomic E-state index is 3.78. The molecule has 0 unspecified atom stereocenters. The van der Waals surface area contributed by atoms with Gasteiger partial charge in [0.05, 0.1) is 0 Å². The molecule has 0 aliphatic rings. The molecular weight excluding hydrogens is 283 g/mol. The molecule has 0 bridgehead atoms. The van der Waals surface area contributed by atoms with Crippen LogP contribution in [0.3, 0.4) is 0 Å². The fourth-order valence-electron chi connectivity index (χ4n) is 1.03. The molecule has 2 heteroatoms. The fourth-order valence-corrected chi connectivity index (χ4v) is 8.08. The quantitative estimate of drug-likeness (QED) is 0.389. The number of hydrogen-bond donors (Lipinski definition) is 0. The van der Waals surface area contributed by atoms with E-state index in [9.17, 15) is 0 Å². The van der Waals surface area contributed by atoms with Gasteiger partial charge in [0.1, 0.15) is 0 Å². The van der Waals surface area contributed by atoms with E-state index in [0.717, 1.165) is 0 Å². The first-order valence-corrected chi connectivity index (χ1v) is 12.0. The summed E-state index contributed by atoms with van der Waals surface area (Å²) in [5, 5.41) is 0. The predicted octanol–water partition coefficient (Wildman–Crippen LogP) is 4.30. The molecule has 11 heavy (non-hydrogen) atoms. The number of hydrogen-bond acceptors (Lipinski definition) is 0. The summed E-state index contributed by atoms with van der Waals surface area (Å²) in [6.45, 7) is 11.4. The van der Waals surface area contributed by atoms with Crippen molar-refractivity contribution in [3.63, 3.8) is 0 Å². The molecule has 0 radical (unpaired) electrons. The summed E-state index contributed by atoms with van der Waals surface area (Å²) in [6.07, 6.45) is 6.12. The van der Waals surface area contributed by atoms with Crippen molar-refractivity contribution in [2.45, 2.75) is 14.2 Å². The second-order valence-electron chi connectivity index (χ2n) is 2.63. The second kappa shape index (κ2) is 6.21. The molecule has 0 spiro atoms. The Morgan fingerprint density at radius 3 is 1.36 bits per heavy atom. The fraction of sp³-hybridized carbons (Fsp3) is 0.333. The van der Waals surface area contributed by atoms with Crippen LogP contribution in [-0.2, 0) is 12.8 Å². The molecule has 0 fully saturated rings. The summed E-state index contributed by atoms with van der Waals surface area (Å²) in [5.74, 6) is 0. The van der Waals surface area contributed by atoms with E-state index in [1.54, 1.807) is 0 Å². The first kappa shape index (κ1) is 11.7. The van der Waals surface area contributed by atoms with E-state index in [2.05, 4.69) is 38.9 Å². The number of halogens is 1. The van der Waals surface area contributed by atoms with Crippen LogP contribution in [0.2, 0.25) is 14.2 Å². The minimum atomic E-state index is -1.62. The SMILES string of the molecule is C=C[CH2][Ti]([I])([CH2]C=C)[CH2]C=C. The van der Waals surface area contributed by atoms with E-state index >= 15 is 0 Å². The van der Waals surface area contributed by atoms with E-state index in [0.29, 0.717) is 0 Å². The zero-order valence-corrected chi connectivity index (χ0v) is 10.6. The molecule has 62 valence electrons. The van der Waals surface area contributed by atoms with Crippen LogP contribution in [0.1, 0.15) is 0 Å². The molecule has 0 aromatic heterocycles. The standard InChI is InChI=1S/3C3H5.HI.Ti/c3*1-3-2;;/h3*3H,1-2H2;1H;/q;;;;+1/p-1. The van der Waals surface area contributed by atoms with E-state index in [1.807, 2.05) is 18.2 Å². The maximum atomic E-state index is 3.78. The van der Waals surface area contributed by atoms with Gasteiger partial charge < -0.3 is 0 Å². The van der Waals surface area contributed by atoms with Crippen LogP contribution >= 0.6 is 19.2 Å². The Bertz CT molecular complexity index is 125. The molecule has 0 amide bonds. The number of allylic oxidation sites excluding steroid dienone is 3. The minimum absolute atomic E-state index is 1.21. The van der Waals surface area contributed by atoms with Crippen LogP contribution in [0, 0.1) is 0 Å². The topological polar surface area (TPSA) is 0 Å². The normalized spacial score (nSPS) is 10.6. The van der Waals surface area contributed by atoms with Gasteiger partial charge in [-0.1, -0.05) is 0 Å². The van der Waals surface area contributed by atoms with Crippen LogP contribution < -0.4 is 0 Å². The van der Waals surface area contributed by atoms with Crippen molar-refractivity contribution < 1.29 is 12.8 Å². The van der Waals surface area contributed by atoms with Gasteiger partial charge >= 0.3 is 84.2 Å². The molecule has 0 saturated heterocycles. The summed E-state index contributed by atoms with van der Waals surface area (Å²) in [7, 11) is 0. The van der Waals surface area contributed by atoms with Crippen LogP contribution in [0.15, 0.2) is 38.0 Å². The van der Waals surface area contributed by atoms with Crippen molar-refractivity contribution in [3.8, 4) is 0 Å². The Hall–Kier alpha value is 0.664. The third-order valence-electron chi connectivity index (χ3n) is 1.53. The van der Waals surface area contributed by atoms with Crippen molar-refractivity contribution in [1.82, 2.24) is 0 Å². The molecule has 0 aromatic carbocycles. The summed E-state index contributed by atoms with van der Waals surface area (Å²) in [6, 6.07) is 0. The molecule has 0 aliphatic heterocycles. The van der Waals surface area contributed by atoms with Crippen LogP contribution in [-0.4, -0.2) is 0 Å². The van der Waals surface area contributed by atoms with Gasteiger partial charge in [-0.05, 0) is 0 Å². The van der Waals surface area contributed by atoms with Crippen LogP contribution in [0.4, 0.5) is 0 Å². The molecule has 0 aliphatic carbocycles. The monoisotopic (exact) mass is 298 g/mol. The Balaban J connectivity index is 4.09. The van der Waals surface area contributed by atoms with Crippen molar-refractivity contribution in [2.24, 2.45) is 0 Å². The van der Waals surface area contributed by atoms with Crippen LogP contribution in [0.5, 0.6) is 0 Å². The summed E-state index contributed by atoms with van der Waals surface area (Å²) in [4.78, 5) is 0. The molecule has 0 atom stereocenters. The Labute approximate surface area is 83.5 Å². The molecule has 0 heterocycles. The van der Waals surface area contributed by atoms with Gasteiger partial charge in [0.2, 0.25) is 0 Å². The average Bonchev–Trinajstić information content (AvgIpc) is 1.88. The first-order valence-electron chi connectivity index (χ1n) is 3.70. The van der Waals surface area contributed by atoms with Gasteiger partial charge in [0.15, 0.2) is 0 Å². The van der Waals surface area contributed by atoms with Crippen molar-refractivity contribution in [3.05, 3.63) is 38.0 Å². The molecule has 0 N–H and O–H groups in total. The second-order valence-corrected chi connectivity index (χ2v) is 17.6. The third-order valence-corrected chi connectivity index (χ3v) is 11.8. The van der Waals surface area contributed by atoms with E-state index in [4.69, 9.17) is 0 Å². The molecular formula is C9H15ITi. The third kappa shape index (κ3) is 4.99.